The molecule has 2 aliphatic rings. The predicted octanol–water partition coefficient (Wildman–Crippen LogP) is 3.35. The molecule has 0 amide bonds. The molecule has 1 aliphatic carbocycles. The lowest BCUT2D eigenvalue weighted by molar-refractivity contribution is 0.120. The quantitative estimate of drug-likeness (QED) is 0.676. The molecule has 1 unspecified atom stereocenters. The van der Waals surface area contributed by atoms with E-state index in [1.165, 1.54) is 64.5 Å². The van der Waals surface area contributed by atoms with Crippen molar-refractivity contribution in [3.63, 3.8) is 0 Å². The number of hydrogen-bond donors (Lipinski definition) is 1. The predicted molar refractivity (Wildman–Crippen MR) is 61.4 cm³/mol. The molecule has 2 rings (SSSR count). The van der Waals surface area contributed by atoms with Crippen LogP contribution in [0.25, 0.3) is 0 Å². The van der Waals surface area contributed by atoms with E-state index in [0.717, 1.165) is 5.92 Å². The van der Waals surface area contributed by atoms with Crippen LogP contribution in [0.3, 0.4) is 0 Å². The fourth-order valence-electron chi connectivity index (χ4n) is 3.45. The molecule has 0 aromatic rings. The van der Waals surface area contributed by atoms with Gasteiger partial charge in [0.05, 0.1) is 0 Å². The average molecular weight is 195 g/mol. The summed E-state index contributed by atoms with van der Waals surface area (Å²) in [5, 5.41) is 3.54. The molecule has 0 aromatic heterocycles. The van der Waals surface area contributed by atoms with E-state index < -0.39 is 0 Å². The molecule has 0 radical (unpaired) electrons. The molecule has 1 N–H and O–H groups in total. The van der Waals surface area contributed by atoms with Crippen molar-refractivity contribution in [2.24, 2.45) is 11.3 Å². The van der Waals surface area contributed by atoms with E-state index in [0.29, 0.717) is 5.41 Å². The van der Waals surface area contributed by atoms with E-state index >= 15 is 0 Å². The highest BCUT2D eigenvalue weighted by atomic mass is 14.9. The molecular formula is C13H25N. The van der Waals surface area contributed by atoms with Crippen LogP contribution in [0.4, 0.5) is 0 Å². The minimum atomic E-state index is 0.671. The van der Waals surface area contributed by atoms with Crippen molar-refractivity contribution in [3.05, 3.63) is 0 Å². The van der Waals surface area contributed by atoms with Crippen molar-refractivity contribution < 1.29 is 0 Å². The third-order valence-corrected chi connectivity index (χ3v) is 4.57. The first-order valence-electron chi connectivity index (χ1n) is 6.52. The molecule has 1 saturated carbocycles. The van der Waals surface area contributed by atoms with Crippen LogP contribution in [0, 0.1) is 11.3 Å². The van der Waals surface area contributed by atoms with Crippen LogP contribution in [0.2, 0.25) is 0 Å². The molecule has 1 nitrogen and oxygen atoms in total. The van der Waals surface area contributed by atoms with E-state index in [4.69, 9.17) is 0 Å². The van der Waals surface area contributed by atoms with Gasteiger partial charge in [-0.3, -0.25) is 0 Å². The van der Waals surface area contributed by atoms with Gasteiger partial charge in [0.15, 0.2) is 0 Å². The van der Waals surface area contributed by atoms with Crippen LogP contribution >= 0.6 is 0 Å². The van der Waals surface area contributed by atoms with E-state index in [2.05, 4.69) is 12.2 Å². The Morgan fingerprint density at radius 3 is 2.50 bits per heavy atom. The second kappa shape index (κ2) is 4.65. The van der Waals surface area contributed by atoms with Gasteiger partial charge >= 0.3 is 0 Å². The lowest BCUT2D eigenvalue weighted by Crippen LogP contribution is -2.30. The second-order valence-electron chi connectivity index (χ2n) is 5.59. The Morgan fingerprint density at radius 1 is 0.929 bits per heavy atom. The standard InChI is InChI=1S/C13H25N/c1-13(8-5-10-14-11-9-13)12-6-3-2-4-7-12/h12,14H,2-11H2,1H3. The van der Waals surface area contributed by atoms with Crippen molar-refractivity contribution in [2.75, 3.05) is 13.1 Å². The Kier molecular flexibility index (Phi) is 3.48. The minimum Gasteiger partial charge on any atom is -0.317 e. The van der Waals surface area contributed by atoms with E-state index in [9.17, 15) is 0 Å². The summed E-state index contributed by atoms with van der Waals surface area (Å²) in [6.07, 6.45) is 11.8. The van der Waals surface area contributed by atoms with Gasteiger partial charge in [0.2, 0.25) is 0 Å². The zero-order chi connectivity index (χ0) is 9.86. The van der Waals surface area contributed by atoms with Crippen molar-refractivity contribution in [3.8, 4) is 0 Å². The number of hydrogen-bond acceptors (Lipinski definition) is 1. The summed E-state index contributed by atoms with van der Waals surface area (Å²) >= 11 is 0. The molecular weight excluding hydrogens is 170 g/mol. The normalized spacial score (nSPS) is 36.6. The maximum atomic E-state index is 3.54. The van der Waals surface area contributed by atoms with Crippen LogP contribution < -0.4 is 5.32 Å². The summed E-state index contributed by atoms with van der Waals surface area (Å²) in [7, 11) is 0. The smallest absolute Gasteiger partial charge is 0.00436 e. The highest BCUT2D eigenvalue weighted by molar-refractivity contribution is 4.86. The summed E-state index contributed by atoms with van der Waals surface area (Å²) in [5.74, 6) is 1.04. The molecule has 0 spiro atoms. The molecule has 0 bridgehead atoms. The second-order valence-corrected chi connectivity index (χ2v) is 5.59. The van der Waals surface area contributed by atoms with E-state index in [-0.39, 0.29) is 0 Å². The Bertz CT molecular complexity index is 162. The van der Waals surface area contributed by atoms with Gasteiger partial charge in [0.1, 0.15) is 0 Å². The number of rotatable bonds is 1. The van der Waals surface area contributed by atoms with Crippen LogP contribution in [-0.2, 0) is 0 Å². The van der Waals surface area contributed by atoms with Gasteiger partial charge in [0, 0.05) is 0 Å². The SMILES string of the molecule is CC1(C2CCCCC2)CCCNCC1. The highest BCUT2D eigenvalue weighted by Crippen LogP contribution is 2.44. The lowest BCUT2D eigenvalue weighted by atomic mass is 9.66. The van der Waals surface area contributed by atoms with Gasteiger partial charge in [-0.1, -0.05) is 26.2 Å². The van der Waals surface area contributed by atoms with Gasteiger partial charge in [-0.15, -0.1) is 0 Å². The Balaban J connectivity index is 1.96. The van der Waals surface area contributed by atoms with Crippen LogP contribution in [0.1, 0.15) is 58.3 Å². The molecule has 1 atom stereocenters. The van der Waals surface area contributed by atoms with Gasteiger partial charge in [-0.25, -0.2) is 0 Å². The summed E-state index contributed by atoms with van der Waals surface area (Å²) in [5.41, 5.74) is 0.671. The van der Waals surface area contributed by atoms with Crippen molar-refractivity contribution in [1.82, 2.24) is 5.32 Å². The third kappa shape index (κ3) is 2.31. The zero-order valence-electron chi connectivity index (χ0n) is 9.65. The molecule has 1 saturated heterocycles. The summed E-state index contributed by atoms with van der Waals surface area (Å²) in [6.45, 7) is 5.06. The zero-order valence-corrected chi connectivity index (χ0v) is 9.65. The van der Waals surface area contributed by atoms with Crippen LogP contribution in [0.5, 0.6) is 0 Å². The summed E-state index contributed by atoms with van der Waals surface area (Å²) < 4.78 is 0. The highest BCUT2D eigenvalue weighted by Gasteiger charge is 2.34. The first-order chi connectivity index (χ1) is 6.81. The van der Waals surface area contributed by atoms with Gasteiger partial charge < -0.3 is 5.32 Å². The summed E-state index contributed by atoms with van der Waals surface area (Å²) in [4.78, 5) is 0. The van der Waals surface area contributed by atoms with Gasteiger partial charge in [0.25, 0.3) is 0 Å². The largest absolute Gasteiger partial charge is 0.317 e. The van der Waals surface area contributed by atoms with E-state index in [1.807, 2.05) is 0 Å². The van der Waals surface area contributed by atoms with Crippen LogP contribution in [0.15, 0.2) is 0 Å². The molecule has 1 aliphatic heterocycles. The van der Waals surface area contributed by atoms with Gasteiger partial charge in [-0.2, -0.15) is 0 Å². The van der Waals surface area contributed by atoms with E-state index in [1.54, 1.807) is 0 Å². The Morgan fingerprint density at radius 2 is 1.71 bits per heavy atom. The van der Waals surface area contributed by atoms with Crippen LogP contribution in [-0.4, -0.2) is 13.1 Å². The molecule has 1 heterocycles. The fourth-order valence-corrected chi connectivity index (χ4v) is 3.45. The maximum absolute atomic E-state index is 3.54. The van der Waals surface area contributed by atoms with Gasteiger partial charge in [-0.05, 0) is 56.5 Å². The molecule has 14 heavy (non-hydrogen) atoms. The lowest BCUT2D eigenvalue weighted by Gasteiger charge is -2.39. The minimum absolute atomic E-state index is 0.671. The number of nitrogens with one attached hydrogen (secondary N) is 1. The average Bonchev–Trinajstić information content (AvgIpc) is 2.46. The third-order valence-electron chi connectivity index (χ3n) is 4.57. The Labute approximate surface area is 88.7 Å². The monoisotopic (exact) mass is 195 g/mol. The van der Waals surface area contributed by atoms with Crippen molar-refractivity contribution >= 4 is 0 Å². The van der Waals surface area contributed by atoms with Crippen molar-refractivity contribution in [1.29, 1.82) is 0 Å². The Hall–Kier alpha value is -0.0400. The fraction of sp³-hybridized carbons (Fsp3) is 1.00. The molecule has 0 aromatic carbocycles. The first kappa shape index (κ1) is 10.5. The van der Waals surface area contributed by atoms with Crippen molar-refractivity contribution in [2.45, 2.75) is 58.3 Å². The molecule has 2 fully saturated rings. The maximum Gasteiger partial charge on any atom is -0.00436 e. The molecule has 82 valence electrons. The topological polar surface area (TPSA) is 12.0 Å². The molecule has 1 heteroatoms. The first-order valence-corrected chi connectivity index (χ1v) is 6.52. The summed E-state index contributed by atoms with van der Waals surface area (Å²) in [6, 6.07) is 0.